The molecule has 0 aliphatic rings. The van der Waals surface area contributed by atoms with Crippen LogP contribution in [0.2, 0.25) is 5.02 Å². The van der Waals surface area contributed by atoms with Crippen LogP contribution in [0.25, 0.3) is 33.3 Å². The predicted molar refractivity (Wildman–Crippen MR) is 156 cm³/mol. The summed E-state index contributed by atoms with van der Waals surface area (Å²) in [4.78, 5) is 20.6. The van der Waals surface area contributed by atoms with Crippen LogP contribution in [0.1, 0.15) is 18.4 Å². The Labute approximate surface area is 232 Å². The molecule has 0 aliphatic carbocycles. The molecule has 0 spiro atoms. The number of H-pyrrole nitrogens is 1. The summed E-state index contributed by atoms with van der Waals surface area (Å²) < 4.78 is 0. The first-order valence-corrected chi connectivity index (χ1v) is 13.3. The molecule has 39 heavy (non-hydrogen) atoms. The maximum absolute atomic E-state index is 12.3. The van der Waals surface area contributed by atoms with E-state index in [9.17, 15) is 4.79 Å². The molecule has 0 fully saturated rings. The molecule has 9 heteroatoms. The molecule has 0 unspecified atom stereocenters. The first-order valence-electron chi connectivity index (χ1n) is 13.0. The topological polar surface area (TPSA) is 108 Å². The second kappa shape index (κ2) is 13.0. The van der Waals surface area contributed by atoms with Crippen molar-refractivity contribution in [3.8, 4) is 22.4 Å². The van der Waals surface area contributed by atoms with Crippen LogP contribution in [0.15, 0.2) is 85.5 Å². The van der Waals surface area contributed by atoms with E-state index in [0.29, 0.717) is 32.6 Å². The van der Waals surface area contributed by atoms with Crippen LogP contribution in [-0.4, -0.2) is 45.7 Å². The molecule has 0 saturated heterocycles. The van der Waals surface area contributed by atoms with Gasteiger partial charge in [-0.2, -0.15) is 5.10 Å². The van der Waals surface area contributed by atoms with E-state index in [2.05, 4.69) is 48.2 Å². The summed E-state index contributed by atoms with van der Waals surface area (Å²) in [5.41, 5.74) is 6.93. The van der Waals surface area contributed by atoms with Crippen LogP contribution in [-0.2, 0) is 11.3 Å². The standard InChI is InChI=1S/C30H30ClN7O/c31-26-15-21(7-8-24(26)22-5-2-1-3-6-22)18-32-14-10-30(39)35-12-4-11-34-28-16-23(27-9-13-33-20-36-27)17-29-25(28)19-37-38-29/h1-3,5-9,13,15-17,19-20,32,34H,4,10-12,14,18H2,(H,35,39)(H,37,38). The van der Waals surface area contributed by atoms with Gasteiger partial charge in [0.2, 0.25) is 5.91 Å². The van der Waals surface area contributed by atoms with Crippen molar-refractivity contribution in [2.75, 3.05) is 25.0 Å². The number of nitrogens with one attached hydrogen (secondary N) is 4. The van der Waals surface area contributed by atoms with Gasteiger partial charge in [0.1, 0.15) is 6.33 Å². The fourth-order valence-corrected chi connectivity index (χ4v) is 4.70. The monoisotopic (exact) mass is 539 g/mol. The largest absolute Gasteiger partial charge is 0.384 e. The average molecular weight is 540 g/mol. The molecule has 1 amide bonds. The molecular weight excluding hydrogens is 510 g/mol. The molecular formula is C30H30ClN7O. The van der Waals surface area contributed by atoms with E-state index >= 15 is 0 Å². The van der Waals surface area contributed by atoms with Crippen molar-refractivity contribution in [1.29, 1.82) is 0 Å². The number of halogens is 1. The Morgan fingerprint density at radius 3 is 2.67 bits per heavy atom. The molecule has 0 bridgehead atoms. The summed E-state index contributed by atoms with van der Waals surface area (Å²) in [6, 6.07) is 22.1. The molecule has 5 rings (SSSR count). The van der Waals surface area contributed by atoms with Crippen LogP contribution in [0.3, 0.4) is 0 Å². The summed E-state index contributed by atoms with van der Waals surface area (Å²) in [6.07, 6.45) is 6.28. The van der Waals surface area contributed by atoms with Crippen LogP contribution in [0.5, 0.6) is 0 Å². The third-order valence-electron chi connectivity index (χ3n) is 6.40. The molecule has 198 valence electrons. The summed E-state index contributed by atoms with van der Waals surface area (Å²) in [6.45, 7) is 2.56. The highest BCUT2D eigenvalue weighted by atomic mass is 35.5. The number of fused-ring (bicyclic) bond motifs is 1. The normalized spacial score (nSPS) is 11.0. The van der Waals surface area contributed by atoms with E-state index in [1.54, 1.807) is 6.20 Å². The lowest BCUT2D eigenvalue weighted by atomic mass is 10.0. The van der Waals surface area contributed by atoms with Crippen LogP contribution >= 0.6 is 11.6 Å². The number of hydrogen-bond donors (Lipinski definition) is 4. The minimum Gasteiger partial charge on any atom is -0.384 e. The van der Waals surface area contributed by atoms with E-state index in [1.807, 2.05) is 60.8 Å². The highest BCUT2D eigenvalue weighted by Crippen LogP contribution is 2.29. The second-order valence-corrected chi connectivity index (χ2v) is 9.59. The van der Waals surface area contributed by atoms with E-state index < -0.39 is 0 Å². The Morgan fingerprint density at radius 2 is 1.85 bits per heavy atom. The van der Waals surface area contributed by atoms with E-state index in [-0.39, 0.29) is 5.91 Å². The lowest BCUT2D eigenvalue weighted by molar-refractivity contribution is -0.120. The van der Waals surface area contributed by atoms with Crippen LogP contribution in [0, 0.1) is 0 Å². The number of rotatable bonds is 12. The van der Waals surface area contributed by atoms with Gasteiger partial charge in [-0.25, -0.2) is 9.97 Å². The molecule has 0 aliphatic heterocycles. The van der Waals surface area contributed by atoms with Crippen molar-refractivity contribution in [3.05, 3.63) is 96.0 Å². The fraction of sp³-hybridized carbons (Fsp3) is 0.200. The Morgan fingerprint density at radius 1 is 0.949 bits per heavy atom. The van der Waals surface area contributed by atoms with Gasteiger partial charge < -0.3 is 16.0 Å². The maximum atomic E-state index is 12.3. The van der Waals surface area contributed by atoms with Crippen molar-refractivity contribution < 1.29 is 4.79 Å². The summed E-state index contributed by atoms with van der Waals surface area (Å²) in [5, 5.41) is 18.7. The molecule has 8 nitrogen and oxygen atoms in total. The lowest BCUT2D eigenvalue weighted by Gasteiger charge is -2.11. The lowest BCUT2D eigenvalue weighted by Crippen LogP contribution is -2.29. The van der Waals surface area contributed by atoms with Crippen molar-refractivity contribution >= 4 is 34.1 Å². The number of benzene rings is 3. The van der Waals surface area contributed by atoms with Gasteiger partial charge >= 0.3 is 0 Å². The SMILES string of the molecule is O=C(CCNCc1ccc(-c2ccccc2)c(Cl)c1)NCCCNc1cc(-c2ccncn2)cc2[nH]ncc12. The van der Waals surface area contributed by atoms with Gasteiger partial charge in [-0.05, 0) is 41.8 Å². The van der Waals surface area contributed by atoms with Crippen LogP contribution in [0.4, 0.5) is 5.69 Å². The average Bonchev–Trinajstić information content (AvgIpc) is 3.45. The number of aromatic nitrogens is 4. The Balaban J connectivity index is 1.02. The van der Waals surface area contributed by atoms with Gasteiger partial charge in [0.15, 0.2) is 0 Å². The van der Waals surface area contributed by atoms with Gasteiger partial charge in [0.05, 0.1) is 17.4 Å². The number of hydrogen-bond acceptors (Lipinski definition) is 6. The minimum atomic E-state index is 0.0305. The zero-order valence-corrected chi connectivity index (χ0v) is 22.2. The minimum absolute atomic E-state index is 0.0305. The predicted octanol–water partition coefficient (Wildman–Crippen LogP) is 5.44. The molecule has 4 N–H and O–H groups in total. The summed E-state index contributed by atoms with van der Waals surface area (Å²) in [7, 11) is 0. The summed E-state index contributed by atoms with van der Waals surface area (Å²) in [5.74, 6) is 0.0305. The fourth-order valence-electron chi connectivity index (χ4n) is 4.39. The number of amides is 1. The maximum Gasteiger partial charge on any atom is 0.221 e. The second-order valence-electron chi connectivity index (χ2n) is 9.19. The van der Waals surface area contributed by atoms with Gasteiger partial charge in [0.25, 0.3) is 0 Å². The van der Waals surface area contributed by atoms with Gasteiger partial charge in [-0.15, -0.1) is 0 Å². The van der Waals surface area contributed by atoms with E-state index in [1.165, 1.54) is 6.33 Å². The Bertz CT molecular complexity index is 1520. The van der Waals surface area contributed by atoms with E-state index in [0.717, 1.165) is 56.0 Å². The van der Waals surface area contributed by atoms with Crippen molar-refractivity contribution in [2.45, 2.75) is 19.4 Å². The molecule has 0 atom stereocenters. The number of carbonyl (C=O) groups is 1. The highest BCUT2D eigenvalue weighted by Gasteiger charge is 2.09. The molecule has 0 saturated carbocycles. The first-order chi connectivity index (χ1) is 19.2. The van der Waals surface area contributed by atoms with Gasteiger partial charge in [-0.3, -0.25) is 9.89 Å². The summed E-state index contributed by atoms with van der Waals surface area (Å²) >= 11 is 6.50. The smallest absolute Gasteiger partial charge is 0.221 e. The van der Waals surface area contributed by atoms with Crippen molar-refractivity contribution in [1.82, 2.24) is 30.8 Å². The van der Waals surface area contributed by atoms with E-state index in [4.69, 9.17) is 11.6 Å². The molecule has 2 heterocycles. The number of carbonyl (C=O) groups excluding carboxylic acids is 1. The number of anilines is 1. The molecule has 5 aromatic rings. The highest BCUT2D eigenvalue weighted by molar-refractivity contribution is 6.33. The first kappa shape index (κ1) is 26.3. The molecule has 3 aromatic carbocycles. The molecule has 0 radical (unpaired) electrons. The van der Waals surface area contributed by atoms with Gasteiger partial charge in [-0.1, -0.05) is 54.1 Å². The van der Waals surface area contributed by atoms with Crippen molar-refractivity contribution in [2.24, 2.45) is 0 Å². The zero-order valence-electron chi connectivity index (χ0n) is 21.5. The van der Waals surface area contributed by atoms with Gasteiger partial charge in [0, 0.05) is 66.0 Å². The Kier molecular flexibility index (Phi) is 8.78. The quantitative estimate of drug-likeness (QED) is 0.157. The van der Waals surface area contributed by atoms with Crippen LogP contribution < -0.4 is 16.0 Å². The molecule has 2 aromatic heterocycles. The zero-order chi connectivity index (χ0) is 26.9. The third-order valence-corrected chi connectivity index (χ3v) is 6.72. The number of aromatic amines is 1. The van der Waals surface area contributed by atoms with Crippen molar-refractivity contribution in [3.63, 3.8) is 0 Å². The Hall–Kier alpha value is -4.27. The number of nitrogens with zero attached hydrogens (tertiary/aromatic N) is 3. The third kappa shape index (κ3) is 6.98.